The lowest BCUT2D eigenvalue weighted by Crippen LogP contribution is -2.48. The summed E-state index contributed by atoms with van der Waals surface area (Å²) in [6.07, 6.45) is 0. The molecule has 12 heavy (non-hydrogen) atoms. The molecule has 0 aliphatic carbocycles. The molecule has 0 saturated carbocycles. The predicted octanol–water partition coefficient (Wildman–Crippen LogP) is -4.99. The van der Waals surface area contributed by atoms with Crippen LogP contribution >= 0.6 is 0 Å². The molecule has 4 N–H and O–H groups in total. The molecule has 0 spiro atoms. The highest BCUT2D eigenvalue weighted by molar-refractivity contribution is 7.69. The molecule has 0 heterocycles. The molecular formula is H4B10N2. The van der Waals surface area contributed by atoms with E-state index in [1.165, 1.54) is 7.06 Å². The molecule has 10 radical (unpaired) electrons. The first-order valence-corrected chi connectivity index (χ1v) is 3.67. The largest absolute Gasteiger partial charge is 0.363 e. The highest BCUT2D eigenvalue weighted by Gasteiger charge is 2.02. The van der Waals surface area contributed by atoms with Crippen molar-refractivity contribution >= 4 is 71.1 Å². The summed E-state index contributed by atoms with van der Waals surface area (Å²) < 4.78 is 0. The van der Waals surface area contributed by atoms with Gasteiger partial charge in [-0.25, -0.2) is 0 Å². The van der Waals surface area contributed by atoms with Crippen LogP contribution in [0.5, 0.6) is 0 Å². The van der Waals surface area contributed by atoms with Crippen LogP contribution in [0, 0.1) is 0 Å². The zero-order valence-corrected chi connectivity index (χ0v) is 6.93. The van der Waals surface area contributed by atoms with E-state index in [4.69, 9.17) is 19.0 Å². The first kappa shape index (κ1) is 12.6. The maximum atomic E-state index is 5.27. The van der Waals surface area contributed by atoms with Crippen LogP contribution in [0.4, 0.5) is 0 Å². The molecule has 0 rings (SSSR count). The lowest BCUT2D eigenvalue weighted by molar-refractivity contribution is 1.73. The van der Waals surface area contributed by atoms with Gasteiger partial charge < -0.3 is 11.3 Å². The summed E-state index contributed by atoms with van der Waals surface area (Å²) >= 11 is 0. The van der Waals surface area contributed by atoms with E-state index in [1.807, 2.05) is 28.2 Å². The molecule has 0 atom stereocenters. The van der Waals surface area contributed by atoms with Crippen LogP contribution in [-0.4, -0.2) is 71.1 Å². The Kier molecular flexibility index (Phi) is 10.1. The zero-order chi connectivity index (χ0) is 9.23. The standard InChI is InChI=1S/B10H4N2/c1-2-3-4-5-6-7-8-9-10(11)12/h11-12H2. The minimum atomic E-state index is -0.387. The molecule has 0 fully saturated rings. The molecular weight excluding hydrogens is 136 g/mol. The normalized spacial score (nSPS) is 7.50. The molecule has 12 heteroatoms. The second-order valence-corrected chi connectivity index (χ2v) is 2.12. The first-order chi connectivity index (χ1) is 5.77. The summed E-state index contributed by atoms with van der Waals surface area (Å²) in [5.41, 5.74) is 10.5. The maximum Gasteiger partial charge on any atom is 0.238 e. The van der Waals surface area contributed by atoms with Crippen LogP contribution in [0.15, 0.2) is 0 Å². The lowest BCUT2D eigenvalue weighted by atomic mass is 8.89. The average Bonchev–Trinajstić information content (AvgIpc) is 2.02. The number of hydrogen-bond acceptors (Lipinski definition) is 2. The smallest absolute Gasteiger partial charge is 0.238 e. The molecule has 0 saturated heterocycles. The second-order valence-electron chi connectivity index (χ2n) is 2.12. The summed E-state index contributed by atoms with van der Waals surface area (Å²) in [5.74, 6) is 0. The summed E-state index contributed by atoms with van der Waals surface area (Å²) in [4.78, 5) is 0. The molecule has 0 amide bonds. The van der Waals surface area contributed by atoms with Gasteiger partial charge in [-0.1, -0.05) is 0 Å². The van der Waals surface area contributed by atoms with Crippen LogP contribution < -0.4 is 11.3 Å². The van der Waals surface area contributed by atoms with Gasteiger partial charge in [0.25, 0.3) is 0 Å². The van der Waals surface area contributed by atoms with Crippen LogP contribution in [0.1, 0.15) is 0 Å². The molecule has 0 aromatic rings. The van der Waals surface area contributed by atoms with E-state index in [1.54, 1.807) is 21.2 Å². The third-order valence-corrected chi connectivity index (χ3v) is 1.00. The van der Waals surface area contributed by atoms with E-state index in [2.05, 4.69) is 0 Å². The van der Waals surface area contributed by atoms with Crippen molar-refractivity contribution in [2.75, 3.05) is 0 Å². The van der Waals surface area contributed by atoms with Crippen LogP contribution in [-0.2, 0) is 0 Å². The van der Waals surface area contributed by atoms with Gasteiger partial charge in [-0.2, -0.15) is 0 Å². The quantitative estimate of drug-likeness (QED) is 0.262. The fourth-order valence-corrected chi connectivity index (χ4v) is 0.513. The van der Waals surface area contributed by atoms with E-state index in [9.17, 15) is 0 Å². The second kappa shape index (κ2) is 9.66. The van der Waals surface area contributed by atoms with Crippen molar-refractivity contribution in [1.82, 2.24) is 0 Å². The fourth-order valence-electron chi connectivity index (χ4n) is 0.513. The van der Waals surface area contributed by atoms with Gasteiger partial charge in [0, 0.05) is 57.2 Å². The molecule has 44 valence electrons. The third kappa shape index (κ3) is 10.6. The summed E-state index contributed by atoms with van der Waals surface area (Å²) in [5, 5.41) is 0. The molecule has 0 aliphatic heterocycles. The van der Waals surface area contributed by atoms with E-state index in [-0.39, 0.29) is 6.87 Å². The Bertz CT molecular complexity index is 81.9. The number of hydrogen-bond donors (Lipinski definition) is 2. The van der Waals surface area contributed by atoms with Crippen molar-refractivity contribution in [3.8, 4) is 0 Å². The molecule has 2 nitrogen and oxygen atoms in total. The molecule has 0 bridgehead atoms. The van der Waals surface area contributed by atoms with Crippen LogP contribution in [0.25, 0.3) is 0 Å². The topological polar surface area (TPSA) is 52.0 Å². The van der Waals surface area contributed by atoms with Crippen molar-refractivity contribution in [1.29, 1.82) is 0 Å². The van der Waals surface area contributed by atoms with Gasteiger partial charge in [0.1, 0.15) is 0 Å². The van der Waals surface area contributed by atoms with Gasteiger partial charge in [-0.05, 0) is 0 Å². The van der Waals surface area contributed by atoms with Gasteiger partial charge in [-0.15, -0.1) is 0 Å². The minimum absolute atomic E-state index is 0.387. The van der Waals surface area contributed by atoms with Gasteiger partial charge in [0.05, 0.1) is 7.06 Å². The van der Waals surface area contributed by atoms with Gasteiger partial charge >= 0.3 is 0 Å². The Morgan fingerprint density at radius 1 is 0.833 bits per heavy atom. The first-order valence-electron chi connectivity index (χ1n) is 3.67. The van der Waals surface area contributed by atoms with Crippen molar-refractivity contribution in [3.63, 3.8) is 0 Å². The van der Waals surface area contributed by atoms with E-state index in [0.717, 1.165) is 0 Å². The van der Waals surface area contributed by atoms with Crippen molar-refractivity contribution in [2.24, 2.45) is 11.3 Å². The maximum absolute atomic E-state index is 5.27. The Balaban J connectivity index is 2.82. The van der Waals surface area contributed by atoms with E-state index < -0.39 is 0 Å². The van der Waals surface area contributed by atoms with Crippen molar-refractivity contribution in [3.05, 3.63) is 0 Å². The Hall–Kier alpha value is 0.569. The SMILES string of the molecule is [B][B][B][B][B][B][B][B][B]B(N)N. The minimum Gasteiger partial charge on any atom is -0.363 e. The highest BCUT2D eigenvalue weighted by Crippen LogP contribution is 1.57. The lowest BCUT2D eigenvalue weighted by Gasteiger charge is -1.97. The third-order valence-electron chi connectivity index (χ3n) is 1.00. The average molecular weight is 140 g/mol. The Morgan fingerprint density at radius 2 is 1.33 bits per heavy atom. The molecule has 0 unspecified atom stereocenters. The molecule has 0 aromatic carbocycles. The summed E-state index contributed by atoms with van der Waals surface area (Å²) in [7, 11) is 19.2. The molecule has 0 aliphatic rings. The van der Waals surface area contributed by atoms with Gasteiger partial charge in [0.2, 0.25) is 6.87 Å². The van der Waals surface area contributed by atoms with Gasteiger partial charge in [0.15, 0.2) is 0 Å². The predicted molar refractivity (Wildman–Crippen MR) is 65.9 cm³/mol. The van der Waals surface area contributed by atoms with E-state index >= 15 is 0 Å². The van der Waals surface area contributed by atoms with Crippen molar-refractivity contribution < 1.29 is 0 Å². The number of nitrogens with two attached hydrogens (primary N) is 2. The van der Waals surface area contributed by atoms with E-state index in [0.29, 0.717) is 0 Å². The van der Waals surface area contributed by atoms with Crippen LogP contribution in [0.2, 0.25) is 0 Å². The molecule has 0 aromatic heterocycles. The Morgan fingerprint density at radius 3 is 1.83 bits per heavy atom. The van der Waals surface area contributed by atoms with Crippen LogP contribution in [0.3, 0.4) is 0 Å². The summed E-state index contributed by atoms with van der Waals surface area (Å²) in [6, 6.07) is 0. The van der Waals surface area contributed by atoms with Crippen molar-refractivity contribution in [2.45, 2.75) is 0 Å². The van der Waals surface area contributed by atoms with Gasteiger partial charge in [-0.3, -0.25) is 0 Å². The zero-order valence-electron chi connectivity index (χ0n) is 6.93. The monoisotopic (exact) mass is 142 g/mol. The Labute approximate surface area is 82.8 Å². The highest BCUT2D eigenvalue weighted by atomic mass is 14.6. The number of rotatable bonds is 8. The summed E-state index contributed by atoms with van der Waals surface area (Å²) in [6.45, 7) is -0.387. The fraction of sp³-hybridized carbons (Fsp3) is 0.